The quantitative estimate of drug-likeness (QED) is 0.444. The fourth-order valence-electron chi connectivity index (χ4n) is 4.31. The van der Waals surface area contributed by atoms with Gasteiger partial charge >= 0.3 is 0 Å². The number of amides is 1. The van der Waals surface area contributed by atoms with Gasteiger partial charge in [-0.25, -0.2) is 4.98 Å². The number of carbonyl (C=O) groups excluding carboxylic acids is 1. The molecular formula is C26H23N5O3. The third-order valence-corrected chi connectivity index (χ3v) is 6.14. The molecule has 0 spiro atoms. The van der Waals surface area contributed by atoms with Gasteiger partial charge in [-0.1, -0.05) is 23.8 Å². The number of nitrogens with zero attached hydrogens (tertiary/aromatic N) is 5. The van der Waals surface area contributed by atoms with Gasteiger partial charge in [0.25, 0.3) is 11.5 Å². The van der Waals surface area contributed by atoms with E-state index in [-0.39, 0.29) is 22.7 Å². The van der Waals surface area contributed by atoms with Gasteiger partial charge in [0.2, 0.25) is 0 Å². The first kappa shape index (κ1) is 21.7. The molecule has 1 aliphatic heterocycles. The van der Waals surface area contributed by atoms with Crippen LogP contribution in [0.1, 0.15) is 39.9 Å². The van der Waals surface area contributed by atoms with Gasteiger partial charge in [0.15, 0.2) is 5.49 Å². The Morgan fingerprint density at radius 1 is 1.24 bits per heavy atom. The van der Waals surface area contributed by atoms with Crippen molar-refractivity contribution in [3.63, 3.8) is 0 Å². The molecule has 1 aliphatic rings. The van der Waals surface area contributed by atoms with Crippen molar-refractivity contribution in [1.82, 2.24) is 14.0 Å². The maximum Gasteiger partial charge on any atom is 0.278 e. The minimum Gasteiger partial charge on any atom is -0.376 e. The third-order valence-electron chi connectivity index (χ3n) is 6.14. The van der Waals surface area contributed by atoms with Crippen molar-refractivity contribution in [2.24, 2.45) is 4.99 Å². The molecule has 0 N–H and O–H groups in total. The lowest BCUT2D eigenvalue weighted by atomic mass is 10.1. The highest BCUT2D eigenvalue weighted by Gasteiger charge is 2.21. The molecule has 8 heteroatoms. The van der Waals surface area contributed by atoms with Gasteiger partial charge in [-0.3, -0.25) is 14.0 Å². The van der Waals surface area contributed by atoms with E-state index in [2.05, 4.69) is 11.1 Å². The number of aryl methyl sites for hydroxylation is 2. The smallest absolute Gasteiger partial charge is 0.278 e. The Balaban J connectivity index is 1.84. The Morgan fingerprint density at radius 3 is 2.74 bits per heavy atom. The van der Waals surface area contributed by atoms with E-state index >= 15 is 0 Å². The molecule has 0 bridgehead atoms. The van der Waals surface area contributed by atoms with Crippen LogP contribution in [0.2, 0.25) is 0 Å². The summed E-state index contributed by atoms with van der Waals surface area (Å²) >= 11 is 0. The van der Waals surface area contributed by atoms with Crippen LogP contribution in [0.25, 0.3) is 16.7 Å². The average molecular weight is 454 g/mol. The summed E-state index contributed by atoms with van der Waals surface area (Å²) in [5, 5.41) is 10.2. The van der Waals surface area contributed by atoms with E-state index in [9.17, 15) is 14.9 Å². The number of fused-ring (bicyclic) bond motifs is 2. The number of nitriles is 1. The van der Waals surface area contributed by atoms with Crippen LogP contribution in [-0.2, 0) is 11.3 Å². The maximum absolute atomic E-state index is 13.4. The summed E-state index contributed by atoms with van der Waals surface area (Å²) in [6, 6.07) is 14.4. The van der Waals surface area contributed by atoms with Gasteiger partial charge in [0, 0.05) is 18.4 Å². The molecule has 5 rings (SSSR count). The average Bonchev–Trinajstić information content (AvgIpc) is 3.35. The number of benzene rings is 1. The first-order valence-electron chi connectivity index (χ1n) is 11.2. The molecule has 0 saturated carbocycles. The molecule has 4 aromatic rings. The second-order valence-corrected chi connectivity index (χ2v) is 8.56. The molecule has 1 saturated heterocycles. The summed E-state index contributed by atoms with van der Waals surface area (Å²) in [4.78, 5) is 35.6. The van der Waals surface area contributed by atoms with Gasteiger partial charge in [0.05, 0.1) is 23.6 Å². The highest BCUT2D eigenvalue weighted by molar-refractivity contribution is 5.95. The van der Waals surface area contributed by atoms with Crippen LogP contribution in [0.15, 0.2) is 58.4 Å². The summed E-state index contributed by atoms with van der Waals surface area (Å²) in [5.41, 5.74) is 3.21. The van der Waals surface area contributed by atoms with Crippen LogP contribution in [0, 0.1) is 25.2 Å². The lowest BCUT2D eigenvalue weighted by Crippen LogP contribution is -2.33. The topological polar surface area (TPSA) is 102 Å². The van der Waals surface area contributed by atoms with Crippen LogP contribution >= 0.6 is 0 Å². The molecule has 4 heterocycles. The lowest BCUT2D eigenvalue weighted by molar-refractivity contribution is 0.0952. The molecule has 1 atom stereocenters. The molecule has 8 nitrogen and oxygen atoms in total. The SMILES string of the molecule is Cc1ccc(C(=O)N=c2c(C#N)cc3c(=O)n4cccc(C)c4nc3n2C[C@@H]2CCCO2)cc1. The molecule has 170 valence electrons. The van der Waals surface area contributed by atoms with E-state index in [1.807, 2.05) is 32.0 Å². The zero-order valence-electron chi connectivity index (χ0n) is 19.0. The molecular weight excluding hydrogens is 430 g/mol. The van der Waals surface area contributed by atoms with E-state index < -0.39 is 5.91 Å². The summed E-state index contributed by atoms with van der Waals surface area (Å²) in [5.74, 6) is -0.467. The van der Waals surface area contributed by atoms with Gasteiger partial charge in [-0.15, -0.1) is 0 Å². The van der Waals surface area contributed by atoms with E-state index in [0.29, 0.717) is 35.4 Å². The van der Waals surface area contributed by atoms with Crippen LogP contribution in [0.5, 0.6) is 0 Å². The zero-order chi connectivity index (χ0) is 23.8. The van der Waals surface area contributed by atoms with Crippen molar-refractivity contribution < 1.29 is 9.53 Å². The summed E-state index contributed by atoms with van der Waals surface area (Å²) in [6.07, 6.45) is 3.30. The Bertz CT molecular complexity index is 1600. The van der Waals surface area contributed by atoms with Crippen molar-refractivity contribution >= 4 is 22.6 Å². The zero-order valence-corrected chi connectivity index (χ0v) is 19.0. The molecule has 0 aliphatic carbocycles. The van der Waals surface area contributed by atoms with Crippen LogP contribution in [-0.4, -0.2) is 32.6 Å². The minimum atomic E-state index is -0.467. The first-order chi connectivity index (χ1) is 16.5. The minimum absolute atomic E-state index is 0.123. The van der Waals surface area contributed by atoms with Crippen molar-refractivity contribution in [3.8, 4) is 6.07 Å². The summed E-state index contributed by atoms with van der Waals surface area (Å²) in [6.45, 7) is 4.80. The monoisotopic (exact) mass is 453 g/mol. The molecule has 0 radical (unpaired) electrons. The lowest BCUT2D eigenvalue weighted by Gasteiger charge is -2.17. The van der Waals surface area contributed by atoms with Crippen molar-refractivity contribution in [3.05, 3.63) is 86.8 Å². The van der Waals surface area contributed by atoms with Gasteiger partial charge in [-0.05, 0) is 56.5 Å². The fourth-order valence-corrected chi connectivity index (χ4v) is 4.31. The molecule has 1 fully saturated rings. The number of pyridine rings is 2. The standard InChI is InChI=1S/C26H23N5O3/c1-16-7-9-18(10-8-16)25(32)29-23-19(14-27)13-21-24(31(23)15-20-6-4-12-34-20)28-22-17(2)5-3-11-30(22)26(21)33/h3,5,7-11,13,20H,4,6,12,15H2,1-2H3/t20-/m0/s1. The number of rotatable bonds is 3. The van der Waals surface area contributed by atoms with Crippen LogP contribution in [0.4, 0.5) is 0 Å². The highest BCUT2D eigenvalue weighted by atomic mass is 16.5. The van der Waals surface area contributed by atoms with Crippen LogP contribution in [0.3, 0.4) is 0 Å². The number of hydrogen-bond acceptors (Lipinski definition) is 5. The molecule has 3 aromatic heterocycles. The van der Waals surface area contributed by atoms with Gasteiger partial charge < -0.3 is 9.30 Å². The second kappa shape index (κ2) is 8.69. The predicted molar refractivity (Wildman–Crippen MR) is 126 cm³/mol. The van der Waals surface area contributed by atoms with Crippen molar-refractivity contribution in [2.45, 2.75) is 39.3 Å². The molecule has 0 unspecified atom stereocenters. The van der Waals surface area contributed by atoms with E-state index in [4.69, 9.17) is 9.72 Å². The van der Waals surface area contributed by atoms with E-state index in [0.717, 1.165) is 24.0 Å². The van der Waals surface area contributed by atoms with Crippen molar-refractivity contribution in [2.75, 3.05) is 6.61 Å². The van der Waals surface area contributed by atoms with E-state index in [1.54, 1.807) is 29.0 Å². The van der Waals surface area contributed by atoms with Crippen molar-refractivity contribution in [1.29, 1.82) is 5.26 Å². The summed E-state index contributed by atoms with van der Waals surface area (Å²) in [7, 11) is 0. The summed E-state index contributed by atoms with van der Waals surface area (Å²) < 4.78 is 9.01. The fraction of sp³-hybridized carbons (Fsp3) is 0.269. The largest absolute Gasteiger partial charge is 0.376 e. The van der Waals surface area contributed by atoms with Gasteiger partial charge in [-0.2, -0.15) is 10.3 Å². The van der Waals surface area contributed by atoms with Crippen LogP contribution < -0.4 is 11.0 Å². The predicted octanol–water partition coefficient (Wildman–Crippen LogP) is 3.06. The third kappa shape index (κ3) is 3.80. The second-order valence-electron chi connectivity index (χ2n) is 8.56. The Morgan fingerprint density at radius 2 is 2.03 bits per heavy atom. The molecule has 34 heavy (non-hydrogen) atoms. The first-order valence-corrected chi connectivity index (χ1v) is 11.2. The molecule has 1 amide bonds. The Labute approximate surface area is 195 Å². The number of ether oxygens (including phenoxy) is 1. The number of hydrogen-bond donors (Lipinski definition) is 0. The highest BCUT2D eigenvalue weighted by Crippen LogP contribution is 2.18. The van der Waals surface area contributed by atoms with Gasteiger partial charge in [0.1, 0.15) is 17.4 Å². The number of aromatic nitrogens is 3. The molecule has 1 aromatic carbocycles. The number of carbonyl (C=O) groups is 1. The van der Waals surface area contributed by atoms with E-state index in [1.165, 1.54) is 10.5 Å². The maximum atomic E-state index is 13.4. The Hall–Kier alpha value is -4.09. The Kier molecular flexibility index (Phi) is 5.56. The normalized spacial score (nSPS) is 16.3.